The van der Waals surface area contributed by atoms with Crippen molar-refractivity contribution in [2.75, 3.05) is 12.4 Å². The van der Waals surface area contributed by atoms with Crippen molar-refractivity contribution in [3.63, 3.8) is 0 Å². The Labute approximate surface area is 147 Å². The van der Waals surface area contributed by atoms with Crippen LogP contribution in [0.25, 0.3) is 11.3 Å². The van der Waals surface area contributed by atoms with Crippen molar-refractivity contribution in [1.82, 2.24) is 4.98 Å². The number of benzene rings is 2. The van der Waals surface area contributed by atoms with Crippen LogP contribution in [0.3, 0.4) is 0 Å². The second-order valence-electron chi connectivity index (χ2n) is 5.76. The van der Waals surface area contributed by atoms with E-state index in [1.807, 2.05) is 24.3 Å². The number of rotatable bonds is 6. The third kappa shape index (κ3) is 3.77. The summed E-state index contributed by atoms with van der Waals surface area (Å²) in [5, 5.41) is 4.34. The molecule has 0 unspecified atom stereocenters. The third-order valence-electron chi connectivity index (χ3n) is 3.84. The molecule has 1 N–H and O–H groups in total. The number of nitrogens with zero attached hydrogens (tertiary/aromatic N) is 1. The second kappa shape index (κ2) is 7.49. The Hall–Kier alpha value is -2.33. The van der Waals surface area contributed by atoms with Gasteiger partial charge in [0.05, 0.1) is 12.8 Å². The number of hydrogen-bond donors (Lipinski definition) is 1. The predicted molar refractivity (Wildman–Crippen MR) is 103 cm³/mol. The van der Waals surface area contributed by atoms with Crippen LogP contribution in [0.1, 0.15) is 23.8 Å². The molecule has 24 heavy (non-hydrogen) atoms. The van der Waals surface area contributed by atoms with E-state index in [0.717, 1.165) is 35.1 Å². The molecule has 0 aliphatic rings. The zero-order valence-electron chi connectivity index (χ0n) is 14.3. The first kappa shape index (κ1) is 16.5. The Kier molecular flexibility index (Phi) is 5.16. The topological polar surface area (TPSA) is 34.1 Å². The highest BCUT2D eigenvalue weighted by Gasteiger charge is 2.12. The summed E-state index contributed by atoms with van der Waals surface area (Å²) in [4.78, 5) is 6.17. The molecular weight excluding hydrogens is 316 g/mol. The summed E-state index contributed by atoms with van der Waals surface area (Å²) >= 11 is 1.73. The van der Waals surface area contributed by atoms with Crippen LogP contribution >= 0.6 is 11.3 Å². The van der Waals surface area contributed by atoms with Crippen molar-refractivity contribution in [2.24, 2.45) is 0 Å². The van der Waals surface area contributed by atoms with Gasteiger partial charge >= 0.3 is 0 Å². The second-order valence-corrected chi connectivity index (χ2v) is 6.84. The summed E-state index contributed by atoms with van der Waals surface area (Å²) in [6, 6.07) is 16.5. The van der Waals surface area contributed by atoms with Gasteiger partial charge in [0.2, 0.25) is 0 Å². The highest BCUT2D eigenvalue weighted by atomic mass is 32.1. The number of methoxy groups -OCH3 is 1. The van der Waals surface area contributed by atoms with Gasteiger partial charge < -0.3 is 10.1 Å². The van der Waals surface area contributed by atoms with Gasteiger partial charge in [0, 0.05) is 16.1 Å². The largest absolute Gasteiger partial charge is 0.497 e. The van der Waals surface area contributed by atoms with Gasteiger partial charge in [-0.3, -0.25) is 0 Å². The van der Waals surface area contributed by atoms with Gasteiger partial charge in [-0.05, 0) is 37.6 Å². The van der Waals surface area contributed by atoms with Crippen LogP contribution in [0.2, 0.25) is 0 Å². The molecule has 1 aromatic heterocycles. The lowest BCUT2D eigenvalue weighted by Gasteiger charge is -2.04. The van der Waals surface area contributed by atoms with Gasteiger partial charge in [-0.1, -0.05) is 43.2 Å². The Bertz CT molecular complexity index is 792. The van der Waals surface area contributed by atoms with Crippen molar-refractivity contribution >= 4 is 22.2 Å². The molecule has 1 heterocycles. The Morgan fingerprint density at radius 3 is 2.38 bits per heavy atom. The van der Waals surface area contributed by atoms with Crippen LogP contribution in [0.5, 0.6) is 5.75 Å². The molecule has 0 spiro atoms. The molecule has 0 aliphatic heterocycles. The molecular formula is C20H22N2OS. The quantitative estimate of drug-likeness (QED) is 0.614. The summed E-state index contributed by atoms with van der Waals surface area (Å²) in [5.41, 5.74) is 4.56. The van der Waals surface area contributed by atoms with Crippen molar-refractivity contribution in [3.05, 3.63) is 59.0 Å². The molecule has 124 valence electrons. The van der Waals surface area contributed by atoms with Gasteiger partial charge in [-0.25, -0.2) is 4.98 Å². The maximum Gasteiger partial charge on any atom is 0.187 e. The van der Waals surface area contributed by atoms with Gasteiger partial charge in [-0.15, -0.1) is 11.3 Å². The first-order valence-corrected chi connectivity index (χ1v) is 8.99. The number of hydrogen-bond acceptors (Lipinski definition) is 4. The fourth-order valence-corrected chi connectivity index (χ4v) is 3.64. The number of aryl methyl sites for hydroxylation is 2. The van der Waals surface area contributed by atoms with E-state index in [-0.39, 0.29) is 0 Å². The third-order valence-corrected chi connectivity index (χ3v) is 4.87. The fourth-order valence-electron chi connectivity index (χ4n) is 2.54. The maximum absolute atomic E-state index is 5.20. The minimum absolute atomic E-state index is 0.853. The average Bonchev–Trinajstić information content (AvgIpc) is 2.99. The molecule has 3 nitrogen and oxygen atoms in total. The minimum atomic E-state index is 0.853. The number of anilines is 2. The molecule has 0 bridgehead atoms. The molecule has 4 heteroatoms. The van der Waals surface area contributed by atoms with E-state index in [1.54, 1.807) is 18.4 Å². The summed E-state index contributed by atoms with van der Waals surface area (Å²) in [7, 11) is 1.67. The van der Waals surface area contributed by atoms with Crippen LogP contribution in [-0.4, -0.2) is 12.1 Å². The molecule has 0 amide bonds. The number of ether oxygens (including phenoxy) is 1. The lowest BCUT2D eigenvalue weighted by atomic mass is 10.1. The van der Waals surface area contributed by atoms with Crippen molar-refractivity contribution < 1.29 is 4.74 Å². The van der Waals surface area contributed by atoms with Gasteiger partial charge in [0.1, 0.15) is 5.75 Å². The zero-order valence-corrected chi connectivity index (χ0v) is 15.1. The van der Waals surface area contributed by atoms with Crippen molar-refractivity contribution in [3.8, 4) is 17.0 Å². The van der Waals surface area contributed by atoms with Crippen LogP contribution < -0.4 is 10.1 Å². The summed E-state index contributed by atoms with van der Waals surface area (Å²) in [6.07, 6.45) is 2.16. The van der Waals surface area contributed by atoms with E-state index in [4.69, 9.17) is 9.72 Å². The molecule has 0 saturated carbocycles. The number of aromatic nitrogens is 1. The Morgan fingerprint density at radius 1 is 1.04 bits per heavy atom. The smallest absolute Gasteiger partial charge is 0.187 e. The summed E-state index contributed by atoms with van der Waals surface area (Å²) in [6.45, 7) is 4.31. The van der Waals surface area contributed by atoms with E-state index in [9.17, 15) is 0 Å². The highest BCUT2D eigenvalue weighted by Crippen LogP contribution is 2.34. The molecule has 0 fully saturated rings. The van der Waals surface area contributed by atoms with Gasteiger partial charge in [-0.2, -0.15) is 0 Å². The lowest BCUT2D eigenvalue weighted by molar-refractivity contribution is 0.415. The van der Waals surface area contributed by atoms with E-state index >= 15 is 0 Å². The Morgan fingerprint density at radius 2 is 1.75 bits per heavy atom. The number of nitrogens with one attached hydrogen (secondary N) is 1. The first-order valence-electron chi connectivity index (χ1n) is 8.17. The SMILES string of the molecule is CCCc1sc(Nc2ccc(OC)cc2)nc1-c1ccc(C)cc1. The average molecular weight is 338 g/mol. The Balaban J connectivity index is 1.88. The molecule has 3 rings (SSSR count). The number of thiazole rings is 1. The monoisotopic (exact) mass is 338 g/mol. The van der Waals surface area contributed by atoms with Crippen LogP contribution in [0.4, 0.5) is 10.8 Å². The maximum atomic E-state index is 5.20. The molecule has 0 saturated heterocycles. The van der Waals surface area contributed by atoms with E-state index in [2.05, 4.69) is 43.4 Å². The van der Waals surface area contributed by atoms with Crippen molar-refractivity contribution in [2.45, 2.75) is 26.7 Å². The minimum Gasteiger partial charge on any atom is -0.497 e. The standard InChI is InChI=1S/C20H22N2OS/c1-4-5-18-19(15-8-6-14(2)7-9-15)22-20(24-18)21-16-10-12-17(23-3)13-11-16/h6-13H,4-5H2,1-3H3,(H,21,22). The van der Waals surface area contributed by atoms with E-state index in [1.165, 1.54) is 16.0 Å². The van der Waals surface area contributed by atoms with Crippen molar-refractivity contribution in [1.29, 1.82) is 0 Å². The van der Waals surface area contributed by atoms with E-state index < -0.39 is 0 Å². The molecule has 2 aromatic carbocycles. The summed E-state index contributed by atoms with van der Waals surface area (Å²) < 4.78 is 5.20. The van der Waals surface area contributed by atoms with Crippen LogP contribution in [-0.2, 0) is 6.42 Å². The first-order chi connectivity index (χ1) is 11.7. The molecule has 0 radical (unpaired) electrons. The van der Waals surface area contributed by atoms with Crippen LogP contribution in [0, 0.1) is 6.92 Å². The van der Waals surface area contributed by atoms with Gasteiger partial charge in [0.15, 0.2) is 5.13 Å². The fraction of sp³-hybridized carbons (Fsp3) is 0.250. The molecule has 0 aliphatic carbocycles. The summed E-state index contributed by atoms with van der Waals surface area (Å²) in [5.74, 6) is 0.853. The highest BCUT2D eigenvalue weighted by molar-refractivity contribution is 7.16. The van der Waals surface area contributed by atoms with Gasteiger partial charge in [0.25, 0.3) is 0 Å². The molecule has 0 atom stereocenters. The zero-order chi connectivity index (χ0) is 16.9. The normalized spacial score (nSPS) is 10.6. The van der Waals surface area contributed by atoms with Crippen LogP contribution in [0.15, 0.2) is 48.5 Å². The predicted octanol–water partition coefficient (Wildman–Crippen LogP) is 5.82. The van der Waals surface area contributed by atoms with E-state index in [0.29, 0.717) is 0 Å². The lowest BCUT2D eigenvalue weighted by Crippen LogP contribution is -1.90. The molecule has 3 aromatic rings.